The Hall–Kier alpha value is -1.71. The van der Waals surface area contributed by atoms with E-state index in [1.54, 1.807) is 0 Å². The molecular formula is C15H16F2O2. The molecular weight excluding hydrogens is 250 g/mol. The summed E-state index contributed by atoms with van der Waals surface area (Å²) in [5, 5.41) is 0. The highest BCUT2D eigenvalue weighted by molar-refractivity contribution is 5.78. The van der Waals surface area contributed by atoms with Crippen molar-refractivity contribution in [2.75, 3.05) is 0 Å². The van der Waals surface area contributed by atoms with Crippen molar-refractivity contribution in [3.05, 3.63) is 48.6 Å². The van der Waals surface area contributed by atoms with Crippen LogP contribution in [-0.2, 0) is 16.1 Å². The van der Waals surface area contributed by atoms with Crippen LogP contribution in [-0.4, -0.2) is 11.9 Å². The van der Waals surface area contributed by atoms with Crippen LogP contribution in [0, 0.1) is 5.41 Å². The van der Waals surface area contributed by atoms with E-state index in [-0.39, 0.29) is 13.0 Å². The third-order valence-corrected chi connectivity index (χ3v) is 3.37. The molecule has 0 aromatic heterocycles. The molecule has 4 heteroatoms. The van der Waals surface area contributed by atoms with Crippen LogP contribution >= 0.6 is 0 Å². The first-order valence-corrected chi connectivity index (χ1v) is 6.17. The van der Waals surface area contributed by atoms with E-state index < -0.39 is 30.1 Å². The summed E-state index contributed by atoms with van der Waals surface area (Å²) in [6.07, 6.45) is 0.842. The number of carbonyl (C=O) groups excluding carboxylic acids is 1. The molecule has 2 rings (SSSR count). The molecule has 0 N–H and O–H groups in total. The molecule has 1 aliphatic carbocycles. The van der Waals surface area contributed by atoms with Gasteiger partial charge < -0.3 is 4.74 Å². The van der Waals surface area contributed by atoms with Gasteiger partial charge in [0.1, 0.15) is 6.61 Å². The molecule has 1 saturated carbocycles. The summed E-state index contributed by atoms with van der Waals surface area (Å²) in [7, 11) is 0. The van der Waals surface area contributed by atoms with Gasteiger partial charge >= 0.3 is 5.97 Å². The highest BCUT2D eigenvalue weighted by Gasteiger charge is 2.60. The molecule has 0 atom stereocenters. The summed E-state index contributed by atoms with van der Waals surface area (Å²) in [5.74, 6) is -3.31. The lowest BCUT2D eigenvalue weighted by Crippen LogP contribution is -2.51. The van der Waals surface area contributed by atoms with Crippen LogP contribution in [0.4, 0.5) is 8.78 Å². The third-order valence-electron chi connectivity index (χ3n) is 3.37. The number of carbonyl (C=O) groups is 1. The zero-order valence-corrected chi connectivity index (χ0v) is 10.6. The monoisotopic (exact) mass is 266 g/mol. The number of ether oxygens (including phenoxy) is 1. The van der Waals surface area contributed by atoms with Crippen LogP contribution in [0.15, 0.2) is 43.0 Å². The van der Waals surface area contributed by atoms with Gasteiger partial charge in [0.15, 0.2) is 0 Å². The molecule has 0 bridgehead atoms. The highest BCUT2D eigenvalue weighted by atomic mass is 19.3. The molecule has 1 aromatic rings. The van der Waals surface area contributed by atoms with Crippen molar-refractivity contribution in [1.82, 2.24) is 0 Å². The van der Waals surface area contributed by atoms with Crippen molar-refractivity contribution in [2.24, 2.45) is 5.41 Å². The van der Waals surface area contributed by atoms with Crippen molar-refractivity contribution in [3.63, 3.8) is 0 Å². The van der Waals surface area contributed by atoms with Crippen molar-refractivity contribution in [1.29, 1.82) is 0 Å². The van der Waals surface area contributed by atoms with E-state index in [9.17, 15) is 13.6 Å². The van der Waals surface area contributed by atoms with Crippen molar-refractivity contribution < 1.29 is 18.3 Å². The molecule has 102 valence electrons. The molecule has 19 heavy (non-hydrogen) atoms. The van der Waals surface area contributed by atoms with Gasteiger partial charge in [0.2, 0.25) is 5.92 Å². The maximum Gasteiger partial charge on any atom is 0.313 e. The van der Waals surface area contributed by atoms with E-state index in [2.05, 4.69) is 6.58 Å². The van der Waals surface area contributed by atoms with Crippen LogP contribution in [0.1, 0.15) is 24.8 Å². The lowest BCUT2D eigenvalue weighted by atomic mass is 9.64. The summed E-state index contributed by atoms with van der Waals surface area (Å²) >= 11 is 0. The maximum absolute atomic E-state index is 13.0. The Morgan fingerprint density at radius 3 is 2.47 bits per heavy atom. The molecule has 0 spiro atoms. The molecule has 1 aromatic carbocycles. The number of halogens is 2. The van der Waals surface area contributed by atoms with Crippen molar-refractivity contribution >= 4 is 5.97 Å². The van der Waals surface area contributed by atoms with Gasteiger partial charge in [-0.1, -0.05) is 36.4 Å². The first-order valence-electron chi connectivity index (χ1n) is 6.17. The molecule has 0 heterocycles. The Balaban J connectivity index is 1.96. The lowest BCUT2D eigenvalue weighted by molar-refractivity contribution is -0.199. The first-order chi connectivity index (χ1) is 8.97. The summed E-state index contributed by atoms with van der Waals surface area (Å²) in [5.41, 5.74) is -0.240. The molecule has 0 unspecified atom stereocenters. The summed E-state index contributed by atoms with van der Waals surface area (Å²) < 4.78 is 31.2. The summed E-state index contributed by atoms with van der Waals surface area (Å²) in [6.45, 7) is 3.64. The smallest absolute Gasteiger partial charge is 0.313 e. The quantitative estimate of drug-likeness (QED) is 0.599. The first kappa shape index (κ1) is 13.7. The Morgan fingerprint density at radius 1 is 1.32 bits per heavy atom. The fourth-order valence-electron chi connectivity index (χ4n) is 2.46. The zero-order chi connectivity index (χ0) is 13.9. The Labute approximate surface area is 111 Å². The average molecular weight is 266 g/mol. The third kappa shape index (κ3) is 3.00. The number of hydrogen-bond acceptors (Lipinski definition) is 2. The second kappa shape index (κ2) is 5.11. The minimum absolute atomic E-state index is 0.115. The van der Waals surface area contributed by atoms with Gasteiger partial charge in [-0.3, -0.25) is 4.79 Å². The van der Waals surface area contributed by atoms with Gasteiger partial charge in [0.25, 0.3) is 0 Å². The molecule has 0 saturated heterocycles. The molecule has 0 aliphatic heterocycles. The predicted molar refractivity (Wildman–Crippen MR) is 67.7 cm³/mol. The normalized spacial score (nSPS) is 19.3. The Kier molecular flexibility index (Phi) is 3.69. The molecule has 2 nitrogen and oxygen atoms in total. The fourth-order valence-corrected chi connectivity index (χ4v) is 2.46. The molecule has 1 fully saturated rings. The van der Waals surface area contributed by atoms with Crippen LogP contribution in [0.25, 0.3) is 0 Å². The minimum atomic E-state index is -2.76. The summed E-state index contributed by atoms with van der Waals surface area (Å²) in [6, 6.07) is 9.17. The number of esters is 1. The topological polar surface area (TPSA) is 26.3 Å². The van der Waals surface area contributed by atoms with Crippen molar-refractivity contribution in [3.8, 4) is 0 Å². The van der Waals surface area contributed by atoms with Crippen molar-refractivity contribution in [2.45, 2.75) is 31.8 Å². The van der Waals surface area contributed by atoms with E-state index in [1.807, 2.05) is 30.3 Å². The number of allylic oxidation sites excluding steroid dienone is 1. The predicted octanol–water partition coefficient (Wildman–Crippen LogP) is 3.72. The van der Waals surface area contributed by atoms with E-state index in [1.165, 1.54) is 6.08 Å². The molecule has 0 radical (unpaired) electrons. The van der Waals surface area contributed by atoms with Gasteiger partial charge in [-0.25, -0.2) is 8.78 Å². The number of alkyl halides is 2. The molecule has 1 aliphatic rings. The molecule has 0 amide bonds. The minimum Gasteiger partial charge on any atom is -0.460 e. The van der Waals surface area contributed by atoms with E-state index in [0.717, 1.165) is 5.56 Å². The highest BCUT2D eigenvalue weighted by Crippen LogP contribution is 2.54. The van der Waals surface area contributed by atoms with E-state index in [0.29, 0.717) is 0 Å². The van der Waals surface area contributed by atoms with Gasteiger partial charge in [-0.05, 0) is 12.0 Å². The fraction of sp³-hybridized carbons (Fsp3) is 0.400. The van der Waals surface area contributed by atoms with E-state index >= 15 is 0 Å². The number of rotatable bonds is 5. The van der Waals surface area contributed by atoms with Gasteiger partial charge in [0, 0.05) is 12.8 Å². The largest absolute Gasteiger partial charge is 0.460 e. The van der Waals surface area contributed by atoms with Gasteiger partial charge in [-0.2, -0.15) is 0 Å². The average Bonchev–Trinajstić information content (AvgIpc) is 2.35. The van der Waals surface area contributed by atoms with Crippen LogP contribution in [0.3, 0.4) is 0 Å². The second-order valence-corrected chi connectivity index (χ2v) is 5.04. The second-order valence-electron chi connectivity index (χ2n) is 5.04. The SMILES string of the molecule is C=CCC1(C(=O)OCc2ccccc2)CC(F)(F)C1. The van der Waals surface area contributed by atoms with E-state index in [4.69, 9.17) is 4.74 Å². The standard InChI is InChI=1S/C15H16F2O2/c1-2-8-14(10-15(16,17)11-14)13(18)19-9-12-6-4-3-5-7-12/h2-7H,1,8-11H2. The zero-order valence-electron chi connectivity index (χ0n) is 10.6. The van der Waals surface area contributed by atoms with Gasteiger partial charge in [-0.15, -0.1) is 6.58 Å². The van der Waals surface area contributed by atoms with Crippen LogP contribution < -0.4 is 0 Å². The van der Waals surface area contributed by atoms with Crippen LogP contribution in [0.5, 0.6) is 0 Å². The Bertz CT molecular complexity index is 460. The maximum atomic E-state index is 13.0. The van der Waals surface area contributed by atoms with Crippen LogP contribution in [0.2, 0.25) is 0 Å². The number of benzene rings is 1. The number of hydrogen-bond donors (Lipinski definition) is 0. The summed E-state index contributed by atoms with van der Waals surface area (Å²) in [4.78, 5) is 12.0. The lowest BCUT2D eigenvalue weighted by Gasteiger charge is -2.44. The van der Waals surface area contributed by atoms with Gasteiger partial charge in [0.05, 0.1) is 5.41 Å². The Morgan fingerprint density at radius 2 is 1.95 bits per heavy atom.